The third kappa shape index (κ3) is 9.66. The summed E-state index contributed by atoms with van der Waals surface area (Å²) in [5.74, 6) is 0.765. The lowest BCUT2D eigenvalue weighted by atomic mass is 9.61. The Labute approximate surface area is 302 Å². The molecular weight excluding hydrogens is 651 g/mol. The van der Waals surface area contributed by atoms with E-state index in [1.165, 1.54) is 0 Å². The monoisotopic (exact) mass is 699 g/mol. The second-order valence-corrected chi connectivity index (χ2v) is 12.1. The van der Waals surface area contributed by atoms with Gasteiger partial charge in [0.05, 0.1) is 0 Å². The molecule has 3 amide bonds. The molecule has 0 N–H and O–H groups in total. The Kier molecular flexibility index (Phi) is 14.0. The minimum absolute atomic E-state index is 0.255. The first kappa shape index (κ1) is 39.3. The van der Waals surface area contributed by atoms with Crippen LogP contribution in [0.2, 0.25) is 0 Å². The van der Waals surface area contributed by atoms with Crippen molar-refractivity contribution in [2.45, 2.75) is 62.3 Å². The molecule has 0 radical (unpaired) electrons. The summed E-state index contributed by atoms with van der Waals surface area (Å²) in [6.07, 6.45) is -1.54. The van der Waals surface area contributed by atoms with Gasteiger partial charge in [0.2, 0.25) is 0 Å². The molecule has 3 aromatic carbocycles. The fourth-order valence-electron chi connectivity index (χ4n) is 5.57. The smallest absolute Gasteiger partial charge is 0.444 e. The Morgan fingerprint density at radius 3 is 0.922 bits per heavy atom. The number of nitrogens with zero attached hydrogens (tertiary/aromatic N) is 3. The zero-order chi connectivity index (χ0) is 37.2. The molecule has 15 heteroatoms. The van der Waals surface area contributed by atoms with Gasteiger partial charge in [0.1, 0.15) is 17.2 Å². The van der Waals surface area contributed by atoms with Crippen LogP contribution in [0, 0.1) is 20.8 Å². The van der Waals surface area contributed by atoms with Gasteiger partial charge >= 0.3 is 39.6 Å². The van der Waals surface area contributed by atoms with Crippen molar-refractivity contribution in [1.29, 1.82) is 0 Å². The van der Waals surface area contributed by atoms with Crippen LogP contribution in [-0.4, -0.2) is 93.6 Å². The number of benzene rings is 3. The van der Waals surface area contributed by atoms with Gasteiger partial charge in [0, 0.05) is 55.7 Å². The summed E-state index contributed by atoms with van der Waals surface area (Å²) in [7, 11) is -3.43. The summed E-state index contributed by atoms with van der Waals surface area (Å²) in [6, 6.07) is 16.2. The SMILES string of the molecule is CCN(CC)C(=O)Oc1cc(C)ccc1B1OB(c2ccc(C)cc2OC(=O)N(CC)CC)OB(c2ccc(C)cc2OC(=O)N(CC)CC)O1. The standard InChI is InChI=1S/C36H48B3N3O9/c1-10-40(11-2)34(43)46-31-22-25(7)16-19-28(31)37-49-38(29-20-17-26(8)23-32(29)47-35(44)41(12-3)13-4)51-39(50-37)30-21-18-27(9)24-33(30)48-36(45)42(14-5)15-6/h16-24H,10-15H2,1-9H3. The van der Waals surface area contributed by atoms with Gasteiger partial charge in [-0.25, -0.2) is 14.4 Å². The van der Waals surface area contributed by atoms with E-state index in [0.717, 1.165) is 16.7 Å². The zero-order valence-corrected chi connectivity index (χ0v) is 31.2. The number of hydrogen-bond donors (Lipinski definition) is 0. The quantitative estimate of drug-likeness (QED) is 0.249. The van der Waals surface area contributed by atoms with Crippen LogP contribution in [0.5, 0.6) is 17.2 Å². The predicted octanol–water partition coefficient (Wildman–Crippen LogP) is 4.68. The third-order valence-electron chi connectivity index (χ3n) is 8.67. The van der Waals surface area contributed by atoms with Crippen LogP contribution in [-0.2, 0) is 13.7 Å². The average Bonchev–Trinajstić information content (AvgIpc) is 3.10. The van der Waals surface area contributed by atoms with Crippen LogP contribution in [0.25, 0.3) is 0 Å². The highest BCUT2D eigenvalue weighted by Gasteiger charge is 2.47. The summed E-state index contributed by atoms with van der Waals surface area (Å²) in [5, 5.41) is 0. The van der Waals surface area contributed by atoms with Gasteiger partial charge in [0.15, 0.2) is 0 Å². The second-order valence-electron chi connectivity index (χ2n) is 12.1. The van der Waals surface area contributed by atoms with Crippen LogP contribution in [0.3, 0.4) is 0 Å². The van der Waals surface area contributed by atoms with E-state index in [4.69, 9.17) is 27.9 Å². The Morgan fingerprint density at radius 1 is 0.471 bits per heavy atom. The molecular formula is C36H48B3N3O9. The number of amides is 3. The molecule has 3 aromatic rings. The molecule has 4 rings (SSSR count). The highest BCUT2D eigenvalue weighted by Crippen LogP contribution is 2.23. The summed E-state index contributed by atoms with van der Waals surface area (Å²) in [6.45, 7) is 19.7. The number of carbonyl (C=O) groups excluding carboxylic acids is 3. The van der Waals surface area contributed by atoms with E-state index in [9.17, 15) is 14.4 Å². The molecule has 1 aliphatic rings. The van der Waals surface area contributed by atoms with E-state index in [1.54, 1.807) is 51.1 Å². The van der Waals surface area contributed by atoms with Gasteiger partial charge in [-0.3, -0.25) is 0 Å². The lowest BCUT2D eigenvalue weighted by molar-refractivity contribution is 0.156. The van der Waals surface area contributed by atoms with Crippen molar-refractivity contribution in [3.05, 3.63) is 71.3 Å². The van der Waals surface area contributed by atoms with E-state index < -0.39 is 39.6 Å². The molecule has 1 aliphatic heterocycles. The Balaban J connectivity index is 1.84. The van der Waals surface area contributed by atoms with Crippen molar-refractivity contribution in [3.63, 3.8) is 0 Å². The first-order valence-electron chi connectivity index (χ1n) is 17.6. The van der Waals surface area contributed by atoms with Crippen molar-refractivity contribution in [3.8, 4) is 17.2 Å². The first-order valence-corrected chi connectivity index (χ1v) is 17.6. The lowest BCUT2D eigenvalue weighted by Gasteiger charge is -2.33. The van der Waals surface area contributed by atoms with Gasteiger partial charge in [-0.05, 0) is 97.2 Å². The second kappa shape index (κ2) is 18.2. The van der Waals surface area contributed by atoms with E-state index in [-0.39, 0.29) is 17.2 Å². The summed E-state index contributed by atoms with van der Waals surface area (Å²) in [4.78, 5) is 44.2. The number of ether oxygens (including phenoxy) is 3. The van der Waals surface area contributed by atoms with Gasteiger partial charge in [0.25, 0.3) is 0 Å². The molecule has 0 saturated carbocycles. The van der Waals surface area contributed by atoms with E-state index in [0.29, 0.717) is 55.7 Å². The normalized spacial score (nSPS) is 12.8. The van der Waals surface area contributed by atoms with Crippen LogP contribution >= 0.6 is 0 Å². The van der Waals surface area contributed by atoms with Gasteiger partial charge in [-0.1, -0.05) is 36.4 Å². The maximum Gasteiger partial charge on any atom is 0.470 e. The molecule has 0 spiro atoms. The molecule has 12 nitrogen and oxygen atoms in total. The predicted molar refractivity (Wildman–Crippen MR) is 200 cm³/mol. The highest BCUT2D eigenvalue weighted by molar-refractivity contribution is 6.88. The fourth-order valence-corrected chi connectivity index (χ4v) is 5.57. The maximum atomic E-state index is 13.2. The third-order valence-corrected chi connectivity index (χ3v) is 8.67. The molecule has 0 aromatic heterocycles. The Bertz CT molecular complexity index is 1480. The fraction of sp³-hybridized carbons (Fsp3) is 0.417. The molecule has 0 aliphatic carbocycles. The summed E-state index contributed by atoms with van der Waals surface area (Å²) < 4.78 is 37.3. The summed E-state index contributed by atoms with van der Waals surface area (Å²) >= 11 is 0. The maximum absolute atomic E-state index is 13.2. The topological polar surface area (TPSA) is 116 Å². The Hall–Kier alpha value is -4.46. The Morgan fingerprint density at radius 2 is 0.706 bits per heavy atom. The number of rotatable bonds is 12. The van der Waals surface area contributed by atoms with Crippen LogP contribution in [0.4, 0.5) is 14.4 Å². The molecule has 270 valence electrons. The van der Waals surface area contributed by atoms with Crippen LogP contribution in [0.1, 0.15) is 58.2 Å². The zero-order valence-electron chi connectivity index (χ0n) is 31.2. The van der Waals surface area contributed by atoms with E-state index in [2.05, 4.69) is 0 Å². The van der Waals surface area contributed by atoms with Crippen molar-refractivity contribution >= 4 is 56.0 Å². The highest BCUT2D eigenvalue weighted by atomic mass is 16.7. The largest absolute Gasteiger partial charge is 0.470 e. The minimum Gasteiger partial charge on any atom is -0.444 e. The molecule has 1 saturated heterocycles. The van der Waals surface area contributed by atoms with Crippen molar-refractivity contribution in [2.24, 2.45) is 0 Å². The van der Waals surface area contributed by atoms with Crippen LogP contribution < -0.4 is 30.6 Å². The molecule has 0 atom stereocenters. The van der Waals surface area contributed by atoms with Crippen molar-refractivity contribution in [1.82, 2.24) is 14.7 Å². The first-order chi connectivity index (χ1) is 24.5. The summed E-state index contributed by atoms with van der Waals surface area (Å²) in [5.41, 5.74) is 3.87. The van der Waals surface area contributed by atoms with Crippen molar-refractivity contribution < 1.29 is 42.3 Å². The minimum atomic E-state index is -1.14. The number of aryl methyl sites for hydroxylation is 3. The van der Waals surface area contributed by atoms with Gasteiger partial charge in [-0.15, -0.1) is 0 Å². The van der Waals surface area contributed by atoms with E-state index in [1.807, 2.05) is 80.5 Å². The molecule has 0 bridgehead atoms. The van der Waals surface area contributed by atoms with Crippen molar-refractivity contribution in [2.75, 3.05) is 39.3 Å². The number of hydrogen-bond acceptors (Lipinski definition) is 9. The molecule has 1 heterocycles. The molecule has 1 fully saturated rings. The van der Waals surface area contributed by atoms with Crippen LogP contribution in [0.15, 0.2) is 54.6 Å². The van der Waals surface area contributed by atoms with Gasteiger partial charge in [-0.2, -0.15) is 0 Å². The number of carbonyl (C=O) groups is 3. The molecule has 51 heavy (non-hydrogen) atoms. The lowest BCUT2D eigenvalue weighted by Crippen LogP contribution is -2.62. The van der Waals surface area contributed by atoms with E-state index >= 15 is 0 Å². The van der Waals surface area contributed by atoms with Gasteiger partial charge < -0.3 is 42.6 Å². The molecule has 0 unspecified atom stereocenters. The average molecular weight is 699 g/mol.